The van der Waals surface area contributed by atoms with Crippen molar-refractivity contribution in [1.82, 2.24) is 20.2 Å². The summed E-state index contributed by atoms with van der Waals surface area (Å²) in [6.45, 7) is 5.38. The minimum Gasteiger partial charge on any atom is -0.490 e. The Balaban J connectivity index is 1.33. The number of hydrogen-bond acceptors (Lipinski definition) is 5. The molecule has 4 heterocycles. The fourth-order valence-electron chi connectivity index (χ4n) is 4.56. The van der Waals surface area contributed by atoms with Crippen LogP contribution in [0.4, 0.5) is 0 Å². The highest BCUT2D eigenvalue weighted by atomic mass is 16.5. The number of nitrogens with zero attached hydrogens (tertiary/aromatic N) is 3. The van der Waals surface area contributed by atoms with Gasteiger partial charge < -0.3 is 15.0 Å². The van der Waals surface area contributed by atoms with E-state index in [2.05, 4.69) is 17.2 Å². The normalized spacial score (nSPS) is 23.7. The van der Waals surface area contributed by atoms with Crippen LogP contribution in [0.3, 0.4) is 0 Å². The molecule has 0 spiro atoms. The Morgan fingerprint density at radius 2 is 2.25 bits per heavy atom. The molecule has 0 aliphatic carbocycles. The van der Waals surface area contributed by atoms with Gasteiger partial charge in [-0.2, -0.15) is 0 Å². The lowest BCUT2D eigenvalue weighted by atomic mass is 9.95. The van der Waals surface area contributed by atoms with Gasteiger partial charge in [0, 0.05) is 68.0 Å². The number of aromatic nitrogens is 2. The fraction of sp³-hybridized carbons (Fsp3) is 0.500. The molecule has 0 bridgehead atoms. The van der Waals surface area contributed by atoms with Crippen LogP contribution in [0.2, 0.25) is 0 Å². The predicted molar refractivity (Wildman–Crippen MR) is 106 cm³/mol. The lowest BCUT2D eigenvalue weighted by molar-refractivity contribution is 0.0704. The molecule has 3 aliphatic heterocycles. The Labute approximate surface area is 165 Å². The Kier molecular flexibility index (Phi) is 4.51. The average molecular weight is 378 g/mol. The zero-order chi connectivity index (χ0) is 19.1. The van der Waals surface area contributed by atoms with Crippen LogP contribution in [-0.2, 0) is 19.4 Å². The summed E-state index contributed by atoms with van der Waals surface area (Å²) in [6, 6.07) is 5.84. The van der Waals surface area contributed by atoms with Crippen LogP contribution in [0.5, 0.6) is 5.75 Å². The van der Waals surface area contributed by atoms with Gasteiger partial charge in [-0.1, -0.05) is 0 Å². The number of hydrogen-bond donors (Lipinski definition) is 1. The lowest BCUT2D eigenvalue weighted by Crippen LogP contribution is -2.39. The Hall–Kier alpha value is -2.47. The summed E-state index contributed by atoms with van der Waals surface area (Å²) in [5, 5.41) is 3.36. The van der Waals surface area contributed by atoms with Gasteiger partial charge >= 0.3 is 0 Å². The summed E-state index contributed by atoms with van der Waals surface area (Å²) >= 11 is 0. The second-order valence-corrected chi connectivity index (χ2v) is 8.17. The van der Waals surface area contributed by atoms with Crippen molar-refractivity contribution in [3.8, 4) is 5.75 Å². The maximum absolute atomic E-state index is 13.1. The van der Waals surface area contributed by atoms with Crippen molar-refractivity contribution in [3.63, 3.8) is 0 Å². The van der Waals surface area contributed by atoms with Gasteiger partial charge in [-0.25, -0.2) is 9.97 Å². The molecule has 146 valence electrons. The summed E-state index contributed by atoms with van der Waals surface area (Å²) in [7, 11) is 0. The number of benzene rings is 1. The maximum Gasteiger partial charge on any atom is 0.253 e. The lowest BCUT2D eigenvalue weighted by Gasteiger charge is -2.32. The van der Waals surface area contributed by atoms with Crippen LogP contribution in [-0.4, -0.2) is 46.5 Å². The number of nitrogens with one attached hydrogen (secondary N) is 1. The Morgan fingerprint density at radius 3 is 3.18 bits per heavy atom. The van der Waals surface area contributed by atoms with Crippen molar-refractivity contribution in [2.75, 3.05) is 19.6 Å². The summed E-state index contributed by atoms with van der Waals surface area (Å²) in [6.07, 6.45) is 6.01. The molecule has 2 aromatic rings. The summed E-state index contributed by atoms with van der Waals surface area (Å²) in [5.41, 5.74) is 4.27. The molecule has 1 N–H and O–H groups in total. The van der Waals surface area contributed by atoms with Crippen molar-refractivity contribution >= 4 is 5.91 Å². The second-order valence-electron chi connectivity index (χ2n) is 8.17. The second kappa shape index (κ2) is 7.17. The van der Waals surface area contributed by atoms with Crippen molar-refractivity contribution < 1.29 is 9.53 Å². The van der Waals surface area contributed by atoms with Crippen LogP contribution in [0, 0.1) is 0 Å². The third-order valence-electron chi connectivity index (χ3n) is 6.04. The number of piperidine rings is 1. The molecular weight excluding hydrogens is 352 g/mol. The van der Waals surface area contributed by atoms with E-state index < -0.39 is 0 Å². The first-order valence-electron chi connectivity index (χ1n) is 10.3. The molecule has 6 heteroatoms. The number of fused-ring (bicyclic) bond motifs is 2. The molecule has 0 radical (unpaired) electrons. The Morgan fingerprint density at radius 1 is 1.32 bits per heavy atom. The van der Waals surface area contributed by atoms with Gasteiger partial charge in [-0.3, -0.25) is 4.79 Å². The number of amides is 1. The van der Waals surface area contributed by atoms with Crippen molar-refractivity contribution in [1.29, 1.82) is 0 Å². The molecule has 6 nitrogen and oxygen atoms in total. The van der Waals surface area contributed by atoms with Gasteiger partial charge in [0.1, 0.15) is 17.7 Å². The first kappa shape index (κ1) is 17.6. The zero-order valence-electron chi connectivity index (χ0n) is 16.3. The van der Waals surface area contributed by atoms with Gasteiger partial charge in [-0.15, -0.1) is 0 Å². The summed E-state index contributed by atoms with van der Waals surface area (Å²) in [4.78, 5) is 24.6. The minimum atomic E-state index is 0.106. The number of rotatable bonds is 2. The largest absolute Gasteiger partial charge is 0.490 e. The fourth-order valence-corrected chi connectivity index (χ4v) is 4.56. The number of carbonyl (C=O) groups excluding carboxylic acids is 1. The highest BCUT2D eigenvalue weighted by Crippen LogP contribution is 2.31. The third kappa shape index (κ3) is 3.26. The van der Waals surface area contributed by atoms with Gasteiger partial charge in [0.2, 0.25) is 0 Å². The third-order valence-corrected chi connectivity index (χ3v) is 6.04. The molecule has 1 fully saturated rings. The predicted octanol–water partition coefficient (Wildman–Crippen LogP) is 2.47. The summed E-state index contributed by atoms with van der Waals surface area (Å²) in [5.74, 6) is 2.14. The zero-order valence-corrected chi connectivity index (χ0v) is 16.3. The molecule has 0 unspecified atom stereocenters. The van der Waals surface area contributed by atoms with Crippen LogP contribution in [0.25, 0.3) is 0 Å². The molecular formula is C22H26N4O2. The smallest absolute Gasteiger partial charge is 0.253 e. The van der Waals surface area contributed by atoms with Crippen LogP contribution < -0.4 is 10.1 Å². The molecule has 1 aromatic heterocycles. The van der Waals surface area contributed by atoms with Crippen molar-refractivity contribution in [3.05, 3.63) is 52.6 Å². The first-order valence-corrected chi connectivity index (χ1v) is 10.3. The molecule has 1 saturated heterocycles. The molecule has 1 amide bonds. The van der Waals surface area contributed by atoms with Crippen molar-refractivity contribution in [2.45, 2.75) is 51.2 Å². The highest BCUT2D eigenvalue weighted by molar-refractivity contribution is 5.94. The van der Waals surface area contributed by atoms with E-state index in [9.17, 15) is 4.79 Å². The maximum atomic E-state index is 13.1. The molecule has 28 heavy (non-hydrogen) atoms. The SMILES string of the molecule is C[C@@H]1Cc2cc(C(=O)N3CCC[C@@H](c4ncc5c(n4)CCNC5)C3)ccc2O1. The number of likely N-dealkylation sites (tertiary alicyclic amines) is 1. The topological polar surface area (TPSA) is 67.4 Å². The van der Waals surface area contributed by atoms with Gasteiger partial charge in [0.25, 0.3) is 5.91 Å². The van der Waals surface area contributed by atoms with E-state index in [1.54, 1.807) is 0 Å². The molecule has 1 aromatic carbocycles. The number of carbonyl (C=O) groups is 1. The quantitative estimate of drug-likeness (QED) is 0.870. The van der Waals surface area contributed by atoms with Crippen LogP contribution in [0.15, 0.2) is 24.4 Å². The molecule has 5 rings (SSSR count). The van der Waals surface area contributed by atoms with E-state index >= 15 is 0 Å². The summed E-state index contributed by atoms with van der Waals surface area (Å²) < 4.78 is 5.76. The van der Waals surface area contributed by atoms with E-state index in [0.29, 0.717) is 6.54 Å². The molecule has 0 saturated carbocycles. The van der Waals surface area contributed by atoms with E-state index in [4.69, 9.17) is 9.72 Å². The van der Waals surface area contributed by atoms with Crippen LogP contribution >= 0.6 is 0 Å². The molecule has 3 aliphatic rings. The average Bonchev–Trinajstić information content (AvgIpc) is 3.12. The van der Waals surface area contributed by atoms with Gasteiger partial charge in [0.05, 0.1) is 0 Å². The van der Waals surface area contributed by atoms with Gasteiger partial charge in [0.15, 0.2) is 0 Å². The first-order chi connectivity index (χ1) is 13.7. The van der Waals surface area contributed by atoms with Gasteiger partial charge in [-0.05, 0) is 43.5 Å². The van der Waals surface area contributed by atoms with Crippen molar-refractivity contribution in [2.24, 2.45) is 0 Å². The Bertz CT molecular complexity index is 913. The highest BCUT2D eigenvalue weighted by Gasteiger charge is 2.29. The van der Waals surface area contributed by atoms with E-state index in [-0.39, 0.29) is 17.9 Å². The van der Waals surface area contributed by atoms with E-state index in [0.717, 1.165) is 68.0 Å². The minimum absolute atomic E-state index is 0.106. The monoisotopic (exact) mass is 378 g/mol. The number of ether oxygens (including phenoxy) is 1. The van der Waals surface area contributed by atoms with E-state index in [1.807, 2.05) is 29.3 Å². The van der Waals surface area contributed by atoms with Crippen LogP contribution in [0.1, 0.15) is 58.7 Å². The van der Waals surface area contributed by atoms with E-state index in [1.165, 1.54) is 11.3 Å². The molecule has 2 atom stereocenters. The standard InChI is InChI=1S/C22H26N4O2/c1-14-9-17-10-15(4-5-20(17)28-14)22(27)26-8-2-3-16(13-26)21-24-12-18-11-23-7-6-19(18)25-21/h4-5,10,12,14,16,23H,2-3,6-9,11,13H2,1H3/t14-,16-/m1/s1.